The van der Waals surface area contributed by atoms with Crippen molar-refractivity contribution < 1.29 is 9.47 Å². The second kappa shape index (κ2) is 8.12. The van der Waals surface area contributed by atoms with Gasteiger partial charge in [-0.1, -0.05) is 0 Å². The van der Waals surface area contributed by atoms with Crippen LogP contribution in [-0.4, -0.2) is 83.1 Å². The molecule has 9 heteroatoms. The van der Waals surface area contributed by atoms with Gasteiger partial charge in [0.15, 0.2) is 0 Å². The third-order valence-corrected chi connectivity index (χ3v) is 4.94. The molecule has 2 aromatic heterocycles. The molecule has 2 aliphatic heterocycles. The molecule has 0 N–H and O–H groups in total. The first-order valence-electron chi connectivity index (χ1n) is 9.22. The molecule has 1 atom stereocenters. The van der Waals surface area contributed by atoms with Crippen LogP contribution in [0.2, 0.25) is 0 Å². The summed E-state index contributed by atoms with van der Waals surface area (Å²) in [5.41, 5.74) is 1.10. The van der Waals surface area contributed by atoms with Gasteiger partial charge in [-0.15, -0.1) is 0 Å². The zero-order chi connectivity index (χ0) is 18.6. The van der Waals surface area contributed by atoms with Crippen molar-refractivity contribution in [3.8, 4) is 11.4 Å². The molecular formula is C18H24N6O3. The Balaban J connectivity index is 1.54. The number of anilines is 1. The van der Waals surface area contributed by atoms with Gasteiger partial charge in [0.1, 0.15) is 6.33 Å². The van der Waals surface area contributed by atoms with Gasteiger partial charge in [-0.25, -0.2) is 15.0 Å². The molecule has 1 unspecified atom stereocenters. The van der Waals surface area contributed by atoms with Crippen LogP contribution < -0.4 is 10.5 Å². The average Bonchev–Trinajstić information content (AvgIpc) is 2.71. The summed E-state index contributed by atoms with van der Waals surface area (Å²) in [5.74, 6) is 0.645. The van der Waals surface area contributed by atoms with E-state index in [1.165, 1.54) is 12.4 Å². The van der Waals surface area contributed by atoms with E-state index in [0.29, 0.717) is 37.0 Å². The van der Waals surface area contributed by atoms with E-state index in [1.807, 2.05) is 0 Å². The summed E-state index contributed by atoms with van der Waals surface area (Å²) in [6, 6.07) is 3.27. The molecule has 2 aromatic rings. The van der Waals surface area contributed by atoms with Gasteiger partial charge in [0, 0.05) is 52.0 Å². The van der Waals surface area contributed by atoms with Crippen molar-refractivity contribution in [2.45, 2.75) is 6.10 Å². The van der Waals surface area contributed by atoms with Crippen LogP contribution in [0.1, 0.15) is 0 Å². The Morgan fingerprint density at radius 1 is 1.19 bits per heavy atom. The highest BCUT2D eigenvalue weighted by molar-refractivity contribution is 5.55. The maximum absolute atomic E-state index is 12.5. The highest BCUT2D eigenvalue weighted by Gasteiger charge is 2.26. The third-order valence-electron chi connectivity index (χ3n) is 4.94. The van der Waals surface area contributed by atoms with Gasteiger partial charge < -0.3 is 14.4 Å². The zero-order valence-electron chi connectivity index (χ0n) is 15.5. The lowest BCUT2D eigenvalue weighted by molar-refractivity contribution is -0.0174. The van der Waals surface area contributed by atoms with E-state index in [2.05, 4.69) is 19.8 Å². The van der Waals surface area contributed by atoms with E-state index < -0.39 is 0 Å². The molecule has 0 amide bonds. The van der Waals surface area contributed by atoms with Crippen molar-refractivity contribution in [2.75, 3.05) is 57.4 Å². The van der Waals surface area contributed by atoms with E-state index in [9.17, 15) is 4.79 Å². The monoisotopic (exact) mass is 372 g/mol. The molecule has 2 saturated heterocycles. The number of aromatic nitrogens is 4. The SMILES string of the molecule is Cn1c(N2CCOC(CN3CCOCC3)C2)nc(-c2ccncn2)cc1=O. The molecule has 0 spiro atoms. The molecule has 2 fully saturated rings. The Morgan fingerprint density at radius 2 is 2.04 bits per heavy atom. The molecule has 0 bridgehead atoms. The van der Waals surface area contributed by atoms with E-state index >= 15 is 0 Å². The summed E-state index contributed by atoms with van der Waals surface area (Å²) >= 11 is 0. The van der Waals surface area contributed by atoms with Crippen LogP contribution in [0.5, 0.6) is 0 Å². The van der Waals surface area contributed by atoms with Crippen LogP contribution >= 0.6 is 0 Å². The van der Waals surface area contributed by atoms with Crippen LogP contribution in [0, 0.1) is 0 Å². The summed E-state index contributed by atoms with van der Waals surface area (Å²) in [6.45, 7) is 6.28. The van der Waals surface area contributed by atoms with Crippen LogP contribution in [0.25, 0.3) is 11.4 Å². The lowest BCUT2D eigenvalue weighted by atomic mass is 10.2. The van der Waals surface area contributed by atoms with Crippen molar-refractivity contribution in [1.82, 2.24) is 24.4 Å². The standard InChI is InChI=1S/C18H24N6O3/c1-22-17(25)10-16(15-2-3-19-13-20-15)21-18(22)24-6-9-27-14(12-24)11-23-4-7-26-8-5-23/h2-3,10,13-14H,4-9,11-12H2,1H3. The number of hydrogen-bond donors (Lipinski definition) is 0. The summed E-state index contributed by atoms with van der Waals surface area (Å²) in [6.07, 6.45) is 3.19. The molecular weight excluding hydrogens is 348 g/mol. The number of morpholine rings is 2. The predicted molar refractivity (Wildman–Crippen MR) is 99.7 cm³/mol. The molecule has 2 aliphatic rings. The highest BCUT2D eigenvalue weighted by Crippen LogP contribution is 2.19. The topological polar surface area (TPSA) is 85.6 Å². The average molecular weight is 372 g/mol. The molecule has 0 radical (unpaired) electrons. The number of hydrogen-bond acceptors (Lipinski definition) is 8. The van der Waals surface area contributed by atoms with Gasteiger partial charge >= 0.3 is 0 Å². The molecule has 27 heavy (non-hydrogen) atoms. The van der Waals surface area contributed by atoms with Crippen LogP contribution in [0.15, 0.2) is 29.5 Å². The summed E-state index contributed by atoms with van der Waals surface area (Å²) in [5, 5.41) is 0. The molecule has 4 rings (SSSR count). The van der Waals surface area contributed by atoms with Gasteiger partial charge in [0.2, 0.25) is 5.95 Å². The molecule has 9 nitrogen and oxygen atoms in total. The predicted octanol–water partition coefficient (Wildman–Crippen LogP) is -0.225. The Morgan fingerprint density at radius 3 is 2.81 bits per heavy atom. The van der Waals surface area contributed by atoms with Crippen LogP contribution in [0.3, 0.4) is 0 Å². The Hall–Kier alpha value is -2.36. The van der Waals surface area contributed by atoms with Crippen molar-refractivity contribution in [3.63, 3.8) is 0 Å². The molecule has 0 aromatic carbocycles. The number of nitrogens with zero attached hydrogens (tertiary/aromatic N) is 6. The normalized spacial score (nSPS) is 21.4. The molecule has 144 valence electrons. The Bertz CT molecular complexity index is 822. The van der Waals surface area contributed by atoms with E-state index in [4.69, 9.17) is 14.5 Å². The fraction of sp³-hybridized carbons (Fsp3) is 0.556. The van der Waals surface area contributed by atoms with Crippen LogP contribution in [-0.2, 0) is 16.5 Å². The minimum absolute atomic E-state index is 0.0801. The van der Waals surface area contributed by atoms with Gasteiger partial charge in [-0.2, -0.15) is 0 Å². The zero-order valence-corrected chi connectivity index (χ0v) is 15.5. The van der Waals surface area contributed by atoms with Crippen LogP contribution in [0.4, 0.5) is 5.95 Å². The summed E-state index contributed by atoms with van der Waals surface area (Å²) in [7, 11) is 1.75. The summed E-state index contributed by atoms with van der Waals surface area (Å²) in [4.78, 5) is 29.8. The largest absolute Gasteiger partial charge is 0.379 e. The fourth-order valence-electron chi connectivity index (χ4n) is 3.47. The third kappa shape index (κ3) is 4.15. The first kappa shape index (κ1) is 18.0. The maximum Gasteiger partial charge on any atom is 0.255 e. The highest BCUT2D eigenvalue weighted by atomic mass is 16.5. The lowest BCUT2D eigenvalue weighted by Gasteiger charge is -2.37. The Kier molecular flexibility index (Phi) is 5.42. The van der Waals surface area contributed by atoms with E-state index in [1.54, 1.807) is 23.9 Å². The quantitative estimate of drug-likeness (QED) is 0.728. The first-order chi connectivity index (χ1) is 13.2. The molecule has 0 saturated carbocycles. The van der Waals surface area contributed by atoms with Gasteiger partial charge in [-0.3, -0.25) is 14.3 Å². The second-order valence-electron chi connectivity index (χ2n) is 6.79. The maximum atomic E-state index is 12.5. The van der Waals surface area contributed by atoms with Crippen molar-refractivity contribution >= 4 is 5.95 Å². The fourth-order valence-corrected chi connectivity index (χ4v) is 3.47. The van der Waals surface area contributed by atoms with Crippen molar-refractivity contribution in [1.29, 1.82) is 0 Å². The number of rotatable bonds is 4. The van der Waals surface area contributed by atoms with E-state index in [0.717, 1.165) is 32.8 Å². The van der Waals surface area contributed by atoms with Gasteiger partial charge in [-0.05, 0) is 6.07 Å². The van der Waals surface area contributed by atoms with E-state index in [-0.39, 0.29) is 11.7 Å². The number of ether oxygens (including phenoxy) is 2. The first-order valence-corrected chi connectivity index (χ1v) is 9.22. The Labute approximate surface area is 157 Å². The van der Waals surface area contributed by atoms with Gasteiger partial charge in [0.25, 0.3) is 5.56 Å². The molecule has 0 aliphatic carbocycles. The second-order valence-corrected chi connectivity index (χ2v) is 6.79. The van der Waals surface area contributed by atoms with Crippen molar-refractivity contribution in [3.05, 3.63) is 35.0 Å². The van der Waals surface area contributed by atoms with Gasteiger partial charge in [0.05, 0.1) is 37.3 Å². The molecule has 4 heterocycles. The summed E-state index contributed by atoms with van der Waals surface area (Å²) < 4.78 is 13.0. The minimum atomic E-state index is -0.107. The smallest absolute Gasteiger partial charge is 0.255 e. The lowest BCUT2D eigenvalue weighted by Crippen LogP contribution is -2.50. The minimum Gasteiger partial charge on any atom is -0.379 e. The van der Waals surface area contributed by atoms with Crippen molar-refractivity contribution in [2.24, 2.45) is 7.05 Å².